The molecule has 0 fully saturated rings. The first-order valence-electron chi connectivity index (χ1n) is 10.5. The molecule has 5 aromatic rings. The maximum absolute atomic E-state index is 13.4. The highest BCUT2D eigenvalue weighted by molar-refractivity contribution is 6.20. The van der Waals surface area contributed by atoms with Crippen LogP contribution in [0.5, 0.6) is 0 Å². The van der Waals surface area contributed by atoms with Gasteiger partial charge in [-0.2, -0.15) is 0 Å². The molecular weight excluding hydrogens is 398 g/mol. The Balaban J connectivity index is 1.58. The monoisotopic (exact) mass is 417 g/mol. The Morgan fingerprint density at radius 3 is 2.31 bits per heavy atom. The lowest BCUT2D eigenvalue weighted by molar-refractivity contribution is 0.0970. The van der Waals surface area contributed by atoms with Crippen molar-refractivity contribution in [3.8, 4) is 0 Å². The summed E-state index contributed by atoms with van der Waals surface area (Å²) in [6, 6.07) is 30.7. The largest absolute Gasteiger partial charge is 0.322 e. The van der Waals surface area contributed by atoms with Crippen molar-refractivity contribution in [2.45, 2.75) is 6.54 Å². The second kappa shape index (κ2) is 7.10. The van der Waals surface area contributed by atoms with Crippen molar-refractivity contribution in [2.24, 2.45) is 0 Å². The smallest absolute Gasteiger partial charge is 0.273 e. The number of para-hydroxylation sites is 3. The molecule has 2 amide bonds. The van der Waals surface area contributed by atoms with Crippen molar-refractivity contribution >= 4 is 39.3 Å². The molecule has 1 N–H and O–H groups in total. The van der Waals surface area contributed by atoms with E-state index in [1.807, 2.05) is 102 Å². The van der Waals surface area contributed by atoms with Gasteiger partial charge in [-0.05, 0) is 35.9 Å². The van der Waals surface area contributed by atoms with E-state index in [2.05, 4.69) is 5.32 Å². The molecule has 0 spiro atoms. The number of fused-ring (bicyclic) bond motifs is 4. The average Bonchev–Trinajstić information content (AvgIpc) is 3.34. The Labute approximate surface area is 184 Å². The fourth-order valence-corrected chi connectivity index (χ4v) is 4.55. The lowest BCUT2D eigenvalue weighted by atomic mass is 10.1. The molecule has 32 heavy (non-hydrogen) atoms. The molecular formula is C27H19N3O2. The van der Waals surface area contributed by atoms with Gasteiger partial charge in [0.15, 0.2) is 0 Å². The minimum atomic E-state index is -0.213. The van der Waals surface area contributed by atoms with E-state index in [0.717, 1.165) is 33.1 Å². The van der Waals surface area contributed by atoms with Crippen LogP contribution < -0.4 is 10.3 Å². The summed E-state index contributed by atoms with van der Waals surface area (Å²) >= 11 is 0. The summed E-state index contributed by atoms with van der Waals surface area (Å²) in [5, 5.41) is 6.65. The Bertz CT molecular complexity index is 1520. The van der Waals surface area contributed by atoms with Crippen LogP contribution in [0, 0.1) is 0 Å². The molecule has 154 valence electrons. The topological polar surface area (TPSA) is 54.3 Å². The summed E-state index contributed by atoms with van der Waals surface area (Å²) in [5.41, 5.74) is 4.54. The van der Waals surface area contributed by atoms with E-state index in [-0.39, 0.29) is 11.8 Å². The van der Waals surface area contributed by atoms with Crippen LogP contribution in [0.15, 0.2) is 97.1 Å². The molecule has 1 aromatic heterocycles. The number of carbonyl (C=O) groups is 2. The van der Waals surface area contributed by atoms with Crippen molar-refractivity contribution in [3.63, 3.8) is 0 Å². The molecule has 1 aliphatic heterocycles. The molecule has 0 atom stereocenters. The molecule has 0 unspecified atom stereocenters. The molecule has 0 saturated carbocycles. The number of benzene rings is 4. The number of hydrogen-bond donors (Lipinski definition) is 1. The van der Waals surface area contributed by atoms with E-state index in [1.165, 1.54) is 0 Å². The van der Waals surface area contributed by atoms with Crippen molar-refractivity contribution in [1.29, 1.82) is 0 Å². The minimum Gasteiger partial charge on any atom is -0.322 e. The molecule has 4 aromatic carbocycles. The average molecular weight is 417 g/mol. The van der Waals surface area contributed by atoms with Crippen LogP contribution in [0.1, 0.15) is 26.3 Å². The number of aromatic nitrogens is 1. The predicted molar refractivity (Wildman–Crippen MR) is 127 cm³/mol. The maximum atomic E-state index is 13.4. The zero-order valence-corrected chi connectivity index (χ0v) is 17.2. The van der Waals surface area contributed by atoms with Gasteiger partial charge in [-0.1, -0.05) is 66.7 Å². The third-order valence-electron chi connectivity index (χ3n) is 5.99. The van der Waals surface area contributed by atoms with Gasteiger partial charge in [-0.3, -0.25) is 9.59 Å². The Hall–Kier alpha value is -4.38. The molecule has 0 radical (unpaired) electrons. The number of rotatable bonds is 3. The van der Waals surface area contributed by atoms with Crippen LogP contribution in [0.4, 0.5) is 5.69 Å². The number of nitrogens with zero attached hydrogens (tertiary/aromatic N) is 2. The third kappa shape index (κ3) is 2.72. The Morgan fingerprint density at radius 1 is 0.750 bits per heavy atom. The van der Waals surface area contributed by atoms with Crippen molar-refractivity contribution in [3.05, 3.63) is 114 Å². The summed E-state index contributed by atoms with van der Waals surface area (Å²) in [5.74, 6) is -0.281. The van der Waals surface area contributed by atoms with Crippen molar-refractivity contribution in [2.75, 3.05) is 10.3 Å². The SMILES string of the molecule is O=C(Nc1ccccc1)c1cccc2c3ccccc3n(N3Cc4ccccc4C3=O)c12. The van der Waals surface area contributed by atoms with Gasteiger partial charge in [0.2, 0.25) is 0 Å². The quantitative estimate of drug-likeness (QED) is 0.431. The van der Waals surface area contributed by atoms with E-state index in [0.29, 0.717) is 17.7 Å². The fourth-order valence-electron chi connectivity index (χ4n) is 4.55. The molecule has 2 heterocycles. The normalized spacial score (nSPS) is 13.0. The summed E-state index contributed by atoms with van der Waals surface area (Å²) in [4.78, 5) is 26.7. The number of amides is 2. The van der Waals surface area contributed by atoms with Gasteiger partial charge in [-0.15, -0.1) is 0 Å². The summed E-state index contributed by atoms with van der Waals surface area (Å²) in [6.45, 7) is 0.456. The molecule has 0 bridgehead atoms. The molecule has 0 saturated heterocycles. The predicted octanol–water partition coefficient (Wildman–Crippen LogP) is 5.34. The number of anilines is 1. The lowest BCUT2D eigenvalue weighted by Gasteiger charge is -2.21. The van der Waals surface area contributed by atoms with Crippen LogP contribution >= 0.6 is 0 Å². The van der Waals surface area contributed by atoms with Gasteiger partial charge in [0.25, 0.3) is 11.8 Å². The van der Waals surface area contributed by atoms with Gasteiger partial charge >= 0.3 is 0 Å². The summed E-state index contributed by atoms with van der Waals surface area (Å²) < 4.78 is 1.91. The van der Waals surface area contributed by atoms with Gasteiger partial charge < -0.3 is 5.32 Å². The maximum Gasteiger partial charge on any atom is 0.273 e. The second-order valence-electron chi connectivity index (χ2n) is 7.87. The number of carbonyl (C=O) groups excluding carboxylic acids is 2. The van der Waals surface area contributed by atoms with Crippen LogP contribution in [0.2, 0.25) is 0 Å². The van der Waals surface area contributed by atoms with Gasteiger partial charge in [0.1, 0.15) is 0 Å². The first-order chi connectivity index (χ1) is 15.7. The third-order valence-corrected chi connectivity index (χ3v) is 5.99. The molecule has 1 aliphatic rings. The van der Waals surface area contributed by atoms with E-state index < -0.39 is 0 Å². The van der Waals surface area contributed by atoms with E-state index in [4.69, 9.17) is 0 Å². The Kier molecular flexibility index (Phi) is 4.08. The van der Waals surface area contributed by atoms with Gasteiger partial charge in [0.05, 0.1) is 23.1 Å². The molecule has 5 heteroatoms. The highest BCUT2D eigenvalue weighted by Crippen LogP contribution is 2.34. The fraction of sp³-hybridized carbons (Fsp3) is 0.0370. The lowest BCUT2D eigenvalue weighted by Crippen LogP contribution is -2.35. The van der Waals surface area contributed by atoms with Gasteiger partial charge in [-0.25, -0.2) is 9.69 Å². The summed E-state index contributed by atoms with van der Waals surface area (Å²) in [6.07, 6.45) is 0. The zero-order chi connectivity index (χ0) is 21.7. The molecule has 5 nitrogen and oxygen atoms in total. The minimum absolute atomic E-state index is 0.0680. The van der Waals surface area contributed by atoms with E-state index in [9.17, 15) is 9.59 Å². The van der Waals surface area contributed by atoms with E-state index in [1.54, 1.807) is 5.01 Å². The standard InChI is InChI=1S/C27H19N3O2/c31-26(28-19-10-2-1-3-11-19)23-15-8-14-22-21-13-6-7-16-24(21)30(25(22)23)29-17-18-9-4-5-12-20(18)27(29)32/h1-16H,17H2,(H,28,31). The van der Waals surface area contributed by atoms with Crippen LogP contribution in [0.25, 0.3) is 21.8 Å². The van der Waals surface area contributed by atoms with E-state index >= 15 is 0 Å². The van der Waals surface area contributed by atoms with Crippen molar-refractivity contribution in [1.82, 2.24) is 4.68 Å². The zero-order valence-electron chi connectivity index (χ0n) is 17.2. The number of nitrogens with one attached hydrogen (secondary N) is 1. The number of hydrogen-bond acceptors (Lipinski definition) is 2. The van der Waals surface area contributed by atoms with Crippen LogP contribution in [0.3, 0.4) is 0 Å². The van der Waals surface area contributed by atoms with Crippen molar-refractivity contribution < 1.29 is 9.59 Å². The highest BCUT2D eigenvalue weighted by Gasteiger charge is 2.31. The van der Waals surface area contributed by atoms with Crippen LogP contribution in [-0.4, -0.2) is 16.5 Å². The first kappa shape index (κ1) is 18.4. The van der Waals surface area contributed by atoms with Gasteiger partial charge in [0, 0.05) is 22.0 Å². The highest BCUT2D eigenvalue weighted by atomic mass is 16.2. The molecule has 0 aliphatic carbocycles. The summed E-state index contributed by atoms with van der Waals surface area (Å²) in [7, 11) is 0. The van der Waals surface area contributed by atoms with Crippen LogP contribution in [-0.2, 0) is 6.54 Å². The second-order valence-corrected chi connectivity index (χ2v) is 7.87. The Morgan fingerprint density at radius 2 is 1.47 bits per heavy atom. The first-order valence-corrected chi connectivity index (χ1v) is 10.5. The molecule has 6 rings (SSSR count).